The molecule has 0 aromatic carbocycles. The second kappa shape index (κ2) is 6.21. The molecule has 0 aliphatic carbocycles. The summed E-state index contributed by atoms with van der Waals surface area (Å²) in [5.74, 6) is 1.46. The smallest absolute Gasteiger partial charge is 0.223 e. The number of carbonyl (C=O) groups is 1. The van der Waals surface area contributed by atoms with E-state index in [1.807, 2.05) is 4.90 Å². The van der Waals surface area contributed by atoms with Crippen LogP contribution in [0.25, 0.3) is 0 Å². The van der Waals surface area contributed by atoms with Gasteiger partial charge in [0.1, 0.15) is 6.33 Å². The first-order chi connectivity index (χ1) is 9.83. The van der Waals surface area contributed by atoms with Gasteiger partial charge in [0, 0.05) is 45.8 Å². The van der Waals surface area contributed by atoms with E-state index in [1.165, 1.54) is 6.33 Å². The third-order valence-electron chi connectivity index (χ3n) is 4.05. The first-order valence-corrected chi connectivity index (χ1v) is 7.29. The Morgan fingerprint density at radius 1 is 1.40 bits per heavy atom. The van der Waals surface area contributed by atoms with Crippen molar-refractivity contribution in [2.75, 3.05) is 44.3 Å². The van der Waals surface area contributed by atoms with E-state index in [1.54, 1.807) is 0 Å². The van der Waals surface area contributed by atoms with Gasteiger partial charge in [0.2, 0.25) is 11.9 Å². The average molecular weight is 279 g/mol. The molecule has 2 aliphatic heterocycles. The summed E-state index contributed by atoms with van der Waals surface area (Å²) in [6.45, 7) is 4.72. The SMILES string of the molecule is O=C(C[C@H]1CCCOC1)N1CCN(c2ncn[nH]2)CC1. The minimum absolute atomic E-state index is 0.262. The molecule has 1 aromatic heterocycles. The minimum atomic E-state index is 0.262. The molecule has 3 heterocycles. The molecule has 0 radical (unpaired) electrons. The lowest BCUT2D eigenvalue weighted by atomic mass is 9.98. The highest BCUT2D eigenvalue weighted by Gasteiger charge is 2.25. The highest BCUT2D eigenvalue weighted by Crippen LogP contribution is 2.19. The van der Waals surface area contributed by atoms with E-state index < -0.39 is 0 Å². The molecule has 110 valence electrons. The van der Waals surface area contributed by atoms with Crippen molar-refractivity contribution in [2.24, 2.45) is 5.92 Å². The predicted octanol–water partition coefficient (Wildman–Crippen LogP) is 0.270. The predicted molar refractivity (Wildman–Crippen MR) is 73.3 cm³/mol. The molecule has 20 heavy (non-hydrogen) atoms. The highest BCUT2D eigenvalue weighted by molar-refractivity contribution is 5.76. The van der Waals surface area contributed by atoms with Gasteiger partial charge < -0.3 is 14.5 Å². The zero-order chi connectivity index (χ0) is 13.8. The maximum Gasteiger partial charge on any atom is 0.223 e. The summed E-state index contributed by atoms with van der Waals surface area (Å²) in [6, 6.07) is 0. The largest absolute Gasteiger partial charge is 0.381 e. The van der Waals surface area contributed by atoms with Gasteiger partial charge in [0.25, 0.3) is 0 Å². The maximum atomic E-state index is 12.3. The van der Waals surface area contributed by atoms with Gasteiger partial charge >= 0.3 is 0 Å². The number of rotatable bonds is 3. The Morgan fingerprint density at radius 2 is 2.25 bits per heavy atom. The van der Waals surface area contributed by atoms with Gasteiger partial charge in [-0.05, 0) is 18.8 Å². The Bertz CT molecular complexity index is 422. The van der Waals surface area contributed by atoms with Crippen molar-refractivity contribution in [1.29, 1.82) is 0 Å². The third kappa shape index (κ3) is 3.09. The summed E-state index contributed by atoms with van der Waals surface area (Å²) in [4.78, 5) is 20.5. The number of nitrogens with zero attached hydrogens (tertiary/aromatic N) is 4. The first kappa shape index (κ1) is 13.4. The number of aromatic amines is 1. The lowest BCUT2D eigenvalue weighted by molar-refractivity contribution is -0.133. The number of nitrogens with one attached hydrogen (secondary N) is 1. The van der Waals surface area contributed by atoms with E-state index in [0.29, 0.717) is 12.3 Å². The lowest BCUT2D eigenvalue weighted by Gasteiger charge is -2.35. The van der Waals surface area contributed by atoms with Gasteiger partial charge in [0.05, 0.1) is 0 Å². The van der Waals surface area contributed by atoms with E-state index in [2.05, 4.69) is 20.1 Å². The number of amides is 1. The normalized spacial score (nSPS) is 23.9. The number of H-pyrrole nitrogens is 1. The van der Waals surface area contributed by atoms with Gasteiger partial charge in [-0.3, -0.25) is 4.79 Å². The summed E-state index contributed by atoms with van der Waals surface area (Å²) in [7, 11) is 0. The van der Waals surface area contributed by atoms with Crippen molar-refractivity contribution in [3.63, 3.8) is 0 Å². The van der Waals surface area contributed by atoms with Crippen molar-refractivity contribution in [1.82, 2.24) is 20.1 Å². The van der Waals surface area contributed by atoms with Crippen LogP contribution in [-0.4, -0.2) is 65.4 Å². The molecule has 2 fully saturated rings. The molecule has 0 saturated carbocycles. The van der Waals surface area contributed by atoms with Crippen molar-refractivity contribution in [2.45, 2.75) is 19.3 Å². The molecule has 7 heteroatoms. The summed E-state index contributed by atoms with van der Waals surface area (Å²) in [5, 5.41) is 6.72. The number of aromatic nitrogens is 3. The van der Waals surface area contributed by atoms with Crippen LogP contribution in [0.3, 0.4) is 0 Å². The number of hydrogen-bond donors (Lipinski definition) is 1. The Kier molecular flexibility index (Phi) is 4.15. The molecule has 0 spiro atoms. The third-order valence-corrected chi connectivity index (χ3v) is 4.05. The number of hydrogen-bond acceptors (Lipinski definition) is 5. The fourth-order valence-corrected chi connectivity index (χ4v) is 2.86. The fraction of sp³-hybridized carbons (Fsp3) is 0.769. The second-order valence-corrected chi connectivity index (χ2v) is 5.46. The van der Waals surface area contributed by atoms with E-state index in [0.717, 1.165) is 58.2 Å². The quantitative estimate of drug-likeness (QED) is 0.859. The molecule has 1 aromatic rings. The van der Waals surface area contributed by atoms with Crippen LogP contribution >= 0.6 is 0 Å². The van der Waals surface area contributed by atoms with Gasteiger partial charge in [-0.15, -0.1) is 0 Å². The molecule has 2 aliphatic rings. The molecule has 7 nitrogen and oxygen atoms in total. The highest BCUT2D eigenvalue weighted by atomic mass is 16.5. The van der Waals surface area contributed by atoms with Crippen LogP contribution in [0.2, 0.25) is 0 Å². The number of anilines is 1. The summed E-state index contributed by atoms with van der Waals surface area (Å²) in [5.41, 5.74) is 0. The molecule has 3 rings (SSSR count). The van der Waals surface area contributed by atoms with Crippen molar-refractivity contribution in [3.8, 4) is 0 Å². The van der Waals surface area contributed by atoms with Crippen LogP contribution in [0, 0.1) is 5.92 Å². The second-order valence-electron chi connectivity index (χ2n) is 5.46. The molecular formula is C13H21N5O2. The number of carbonyl (C=O) groups excluding carboxylic acids is 1. The lowest BCUT2D eigenvalue weighted by Crippen LogP contribution is -2.49. The number of ether oxygens (including phenoxy) is 1. The van der Waals surface area contributed by atoms with E-state index >= 15 is 0 Å². The fourth-order valence-electron chi connectivity index (χ4n) is 2.86. The molecule has 2 saturated heterocycles. The van der Waals surface area contributed by atoms with Crippen LogP contribution in [0.15, 0.2) is 6.33 Å². The van der Waals surface area contributed by atoms with Crippen LogP contribution < -0.4 is 4.90 Å². The summed E-state index contributed by atoms with van der Waals surface area (Å²) >= 11 is 0. The van der Waals surface area contributed by atoms with Crippen LogP contribution in [0.1, 0.15) is 19.3 Å². The van der Waals surface area contributed by atoms with Gasteiger partial charge in [-0.25, -0.2) is 5.10 Å². The topological polar surface area (TPSA) is 74.3 Å². The van der Waals surface area contributed by atoms with E-state index in [9.17, 15) is 4.79 Å². The Balaban J connectivity index is 1.46. The minimum Gasteiger partial charge on any atom is -0.381 e. The van der Waals surface area contributed by atoms with Crippen molar-refractivity contribution < 1.29 is 9.53 Å². The molecule has 0 bridgehead atoms. The Morgan fingerprint density at radius 3 is 2.90 bits per heavy atom. The van der Waals surface area contributed by atoms with Crippen LogP contribution in [0.4, 0.5) is 5.95 Å². The average Bonchev–Trinajstić information content (AvgIpc) is 3.03. The Hall–Kier alpha value is -1.63. The standard InChI is InChI=1S/C13H21N5O2/c19-12(8-11-2-1-7-20-9-11)17-3-5-18(6-4-17)13-14-10-15-16-13/h10-11H,1-9H2,(H,14,15,16)/t11-/m1/s1. The van der Waals surface area contributed by atoms with Crippen LogP contribution in [0.5, 0.6) is 0 Å². The Labute approximate surface area is 118 Å². The zero-order valence-corrected chi connectivity index (χ0v) is 11.6. The zero-order valence-electron chi connectivity index (χ0n) is 11.6. The molecule has 0 unspecified atom stereocenters. The van der Waals surface area contributed by atoms with Gasteiger partial charge in [0.15, 0.2) is 0 Å². The maximum absolute atomic E-state index is 12.3. The molecule has 1 N–H and O–H groups in total. The summed E-state index contributed by atoms with van der Waals surface area (Å²) < 4.78 is 5.44. The monoisotopic (exact) mass is 279 g/mol. The van der Waals surface area contributed by atoms with E-state index in [-0.39, 0.29) is 5.91 Å². The molecule has 1 atom stereocenters. The van der Waals surface area contributed by atoms with Gasteiger partial charge in [-0.2, -0.15) is 10.1 Å². The molecule has 1 amide bonds. The van der Waals surface area contributed by atoms with Crippen LogP contribution in [-0.2, 0) is 9.53 Å². The molecular weight excluding hydrogens is 258 g/mol. The number of piperazine rings is 1. The first-order valence-electron chi connectivity index (χ1n) is 7.29. The van der Waals surface area contributed by atoms with Crippen molar-refractivity contribution >= 4 is 11.9 Å². The summed E-state index contributed by atoms with van der Waals surface area (Å²) in [6.07, 6.45) is 4.33. The van der Waals surface area contributed by atoms with E-state index in [4.69, 9.17) is 4.74 Å². The van der Waals surface area contributed by atoms with Gasteiger partial charge in [-0.1, -0.05) is 0 Å². The van der Waals surface area contributed by atoms with Crippen molar-refractivity contribution in [3.05, 3.63) is 6.33 Å².